The highest BCUT2D eigenvalue weighted by atomic mass is 28.3. The van der Waals surface area contributed by atoms with Crippen molar-refractivity contribution in [3.8, 4) is 0 Å². The normalized spacial score (nSPS) is 12.8. The third-order valence-electron chi connectivity index (χ3n) is 4.23. The van der Waals surface area contributed by atoms with Crippen LogP contribution in [0.1, 0.15) is 11.5 Å². The topological polar surface area (TPSA) is 42.0 Å². The van der Waals surface area contributed by atoms with Crippen molar-refractivity contribution in [2.75, 3.05) is 5.32 Å². The molecule has 1 N–H and O–H groups in total. The first-order valence-electron chi connectivity index (χ1n) is 8.64. The zero-order valence-corrected chi connectivity index (χ0v) is 16.0. The molecule has 0 saturated heterocycles. The highest BCUT2D eigenvalue weighted by Gasteiger charge is 2.27. The summed E-state index contributed by atoms with van der Waals surface area (Å²) in [5.41, 5.74) is 2.69. The molecule has 0 spiro atoms. The Morgan fingerprint density at radius 2 is 1.72 bits per heavy atom. The van der Waals surface area contributed by atoms with Crippen molar-refractivity contribution in [3.05, 3.63) is 72.4 Å². The summed E-state index contributed by atoms with van der Waals surface area (Å²) >= 11 is 0. The molecular weight excluding hydrogens is 324 g/mol. The van der Waals surface area contributed by atoms with Crippen molar-refractivity contribution in [2.45, 2.75) is 31.6 Å². The molecule has 3 nitrogen and oxygen atoms in total. The van der Waals surface area contributed by atoms with Crippen molar-refractivity contribution >= 4 is 30.6 Å². The third-order valence-corrected chi connectivity index (χ3v) is 5.86. The summed E-state index contributed by atoms with van der Waals surface area (Å²) in [6, 6.07) is 20.8. The number of carbonyl (C=O) groups excluding carboxylic acids is 1. The number of hydrogen-bond acceptors (Lipinski definition) is 2. The van der Waals surface area contributed by atoms with Crippen molar-refractivity contribution in [1.82, 2.24) is 4.98 Å². The van der Waals surface area contributed by atoms with Crippen molar-refractivity contribution in [1.29, 1.82) is 0 Å². The number of fused-ring (bicyclic) bond motifs is 1. The average molecular weight is 349 g/mol. The summed E-state index contributed by atoms with van der Waals surface area (Å²) in [6.07, 6.45) is 1.76. The number of pyridine rings is 1. The molecular formula is C21H24N2OSi. The van der Waals surface area contributed by atoms with Crippen LogP contribution >= 0.6 is 0 Å². The molecule has 0 aliphatic rings. The number of para-hydroxylation sites is 1. The number of nitrogens with one attached hydrogen (secondary N) is 1. The lowest BCUT2D eigenvalue weighted by molar-refractivity contribution is -0.117. The van der Waals surface area contributed by atoms with E-state index in [2.05, 4.69) is 29.9 Å². The van der Waals surface area contributed by atoms with Gasteiger partial charge in [-0.2, -0.15) is 0 Å². The maximum atomic E-state index is 13.1. The minimum Gasteiger partial charge on any atom is -0.324 e. The van der Waals surface area contributed by atoms with Gasteiger partial charge in [0.25, 0.3) is 0 Å². The molecule has 3 aromatic rings. The standard InChI is InChI=1S/C21H24N2OSi/c1-25(2,3)15-18(16-9-5-4-6-10-16)21(24)23-19-13-7-11-17-12-8-14-22-20(17)19/h4-14,18H,15H2,1-3H3,(H,23,24). The molecule has 0 aliphatic heterocycles. The number of aromatic nitrogens is 1. The molecule has 1 unspecified atom stereocenters. The second-order valence-electron chi connectivity index (χ2n) is 7.60. The number of benzene rings is 2. The van der Waals surface area contributed by atoms with Crippen LogP contribution in [0, 0.1) is 0 Å². The van der Waals surface area contributed by atoms with Crippen LogP contribution in [0.3, 0.4) is 0 Å². The number of anilines is 1. The molecule has 1 amide bonds. The summed E-state index contributed by atoms with van der Waals surface area (Å²) in [5.74, 6) is -0.0846. The van der Waals surface area contributed by atoms with E-state index < -0.39 is 8.07 Å². The summed E-state index contributed by atoms with van der Waals surface area (Å²) in [6.45, 7) is 6.90. The Labute approximate surface area is 150 Å². The minimum atomic E-state index is -1.41. The SMILES string of the molecule is C[Si](C)(C)CC(C(=O)Nc1cccc2cccnc12)c1ccccc1. The fraction of sp³-hybridized carbons (Fsp3) is 0.238. The van der Waals surface area contributed by atoms with Gasteiger partial charge < -0.3 is 5.32 Å². The summed E-state index contributed by atoms with van der Waals surface area (Å²) in [5, 5.41) is 4.16. The van der Waals surface area contributed by atoms with Gasteiger partial charge in [0.2, 0.25) is 5.91 Å². The van der Waals surface area contributed by atoms with Gasteiger partial charge in [0, 0.05) is 19.7 Å². The number of rotatable bonds is 5. The molecule has 0 aliphatic carbocycles. The summed E-state index contributed by atoms with van der Waals surface area (Å²) in [7, 11) is -1.41. The van der Waals surface area contributed by atoms with Crippen LogP contribution in [0.2, 0.25) is 25.7 Å². The first-order valence-corrected chi connectivity index (χ1v) is 12.3. The van der Waals surface area contributed by atoms with Crippen LogP contribution in [0.15, 0.2) is 66.9 Å². The Morgan fingerprint density at radius 1 is 1.00 bits per heavy atom. The predicted octanol–water partition coefficient (Wildman–Crippen LogP) is 5.30. The second kappa shape index (κ2) is 7.19. The van der Waals surface area contributed by atoms with Crippen LogP contribution in [-0.4, -0.2) is 19.0 Å². The lowest BCUT2D eigenvalue weighted by atomic mass is 10.00. The molecule has 0 radical (unpaired) electrons. The second-order valence-corrected chi connectivity index (χ2v) is 13.1. The van der Waals surface area contributed by atoms with Crippen molar-refractivity contribution in [3.63, 3.8) is 0 Å². The first kappa shape index (κ1) is 17.4. The Balaban J connectivity index is 1.92. The smallest absolute Gasteiger partial charge is 0.231 e. The molecule has 1 atom stereocenters. The van der Waals surface area contributed by atoms with Gasteiger partial charge in [0.1, 0.15) is 0 Å². The van der Waals surface area contributed by atoms with Crippen molar-refractivity contribution < 1.29 is 4.79 Å². The Morgan fingerprint density at radius 3 is 2.44 bits per heavy atom. The molecule has 0 saturated carbocycles. The quantitative estimate of drug-likeness (QED) is 0.636. The van der Waals surface area contributed by atoms with E-state index in [0.29, 0.717) is 0 Å². The summed E-state index contributed by atoms with van der Waals surface area (Å²) < 4.78 is 0. The van der Waals surface area contributed by atoms with Gasteiger partial charge in [-0.3, -0.25) is 9.78 Å². The molecule has 4 heteroatoms. The maximum absolute atomic E-state index is 13.1. The molecule has 128 valence electrons. The largest absolute Gasteiger partial charge is 0.324 e. The lowest BCUT2D eigenvalue weighted by Gasteiger charge is -2.24. The number of carbonyl (C=O) groups is 1. The van der Waals surface area contributed by atoms with Crippen LogP contribution in [0.5, 0.6) is 0 Å². The van der Waals surface area contributed by atoms with E-state index in [4.69, 9.17) is 0 Å². The van der Waals surface area contributed by atoms with Gasteiger partial charge >= 0.3 is 0 Å². The Hall–Kier alpha value is -2.46. The number of amides is 1. The Kier molecular flexibility index (Phi) is 5.00. The fourth-order valence-corrected chi connectivity index (χ4v) is 4.73. The molecule has 25 heavy (non-hydrogen) atoms. The van der Waals surface area contributed by atoms with Crippen LogP contribution < -0.4 is 5.32 Å². The minimum absolute atomic E-state index is 0.0479. The van der Waals surface area contributed by atoms with Crippen LogP contribution in [0.4, 0.5) is 5.69 Å². The molecule has 1 heterocycles. The highest BCUT2D eigenvalue weighted by Crippen LogP contribution is 2.29. The lowest BCUT2D eigenvalue weighted by Crippen LogP contribution is -2.30. The molecule has 0 fully saturated rings. The van der Waals surface area contributed by atoms with E-state index in [1.807, 2.05) is 60.7 Å². The number of nitrogens with zero attached hydrogens (tertiary/aromatic N) is 1. The fourth-order valence-electron chi connectivity index (χ4n) is 3.08. The van der Waals surface area contributed by atoms with E-state index in [1.165, 1.54) is 0 Å². The van der Waals surface area contributed by atoms with E-state index in [0.717, 1.165) is 28.2 Å². The van der Waals surface area contributed by atoms with Gasteiger partial charge in [-0.1, -0.05) is 68.2 Å². The molecule has 1 aromatic heterocycles. The van der Waals surface area contributed by atoms with E-state index in [1.54, 1.807) is 6.20 Å². The zero-order valence-electron chi connectivity index (χ0n) is 15.0. The van der Waals surface area contributed by atoms with E-state index in [9.17, 15) is 4.79 Å². The monoisotopic (exact) mass is 348 g/mol. The predicted molar refractivity (Wildman–Crippen MR) is 108 cm³/mol. The highest BCUT2D eigenvalue weighted by molar-refractivity contribution is 6.76. The molecule has 0 bridgehead atoms. The third kappa shape index (κ3) is 4.34. The van der Waals surface area contributed by atoms with Crippen LogP contribution in [0.25, 0.3) is 10.9 Å². The van der Waals surface area contributed by atoms with Gasteiger partial charge in [-0.05, 0) is 23.7 Å². The zero-order chi connectivity index (χ0) is 17.9. The first-order chi connectivity index (χ1) is 11.9. The van der Waals surface area contributed by atoms with Crippen molar-refractivity contribution in [2.24, 2.45) is 0 Å². The van der Waals surface area contributed by atoms with E-state index >= 15 is 0 Å². The van der Waals surface area contributed by atoms with Gasteiger partial charge in [-0.15, -0.1) is 0 Å². The average Bonchev–Trinajstić information content (AvgIpc) is 2.60. The van der Waals surface area contributed by atoms with Gasteiger partial charge in [0.15, 0.2) is 0 Å². The summed E-state index contributed by atoms with van der Waals surface area (Å²) in [4.78, 5) is 17.6. The number of hydrogen-bond donors (Lipinski definition) is 1. The van der Waals surface area contributed by atoms with Crippen LogP contribution in [-0.2, 0) is 4.79 Å². The maximum Gasteiger partial charge on any atom is 0.231 e. The molecule has 3 rings (SSSR count). The Bertz CT molecular complexity index is 866. The molecule has 2 aromatic carbocycles. The van der Waals surface area contributed by atoms with E-state index in [-0.39, 0.29) is 11.8 Å². The van der Waals surface area contributed by atoms with Gasteiger partial charge in [-0.25, -0.2) is 0 Å². The van der Waals surface area contributed by atoms with Gasteiger partial charge in [0.05, 0.1) is 17.1 Å².